The van der Waals surface area contributed by atoms with E-state index in [0.29, 0.717) is 5.39 Å². The van der Waals surface area contributed by atoms with Crippen LogP contribution < -0.4 is 10.8 Å². The molecule has 8 rings (SSSR count). The molecule has 0 amide bonds. The summed E-state index contributed by atoms with van der Waals surface area (Å²) in [5.74, 6) is 0. The van der Waals surface area contributed by atoms with Gasteiger partial charge in [0.25, 0.3) is 5.43 Å². The van der Waals surface area contributed by atoms with Gasteiger partial charge in [-0.2, -0.15) is 4.79 Å². The summed E-state index contributed by atoms with van der Waals surface area (Å²) < 4.78 is 0. The van der Waals surface area contributed by atoms with Gasteiger partial charge in [-0.1, -0.05) is 48.5 Å². The van der Waals surface area contributed by atoms with Gasteiger partial charge in [-0.3, -0.25) is 4.79 Å². The van der Waals surface area contributed by atoms with E-state index < -0.39 is 0 Å². The molecule has 0 aliphatic heterocycles. The first-order valence-corrected chi connectivity index (χ1v) is 11.0. The van der Waals surface area contributed by atoms with Gasteiger partial charge in [0.1, 0.15) is 0 Å². The number of hydrogen-bond donors (Lipinski definition) is 0. The Bertz CT molecular complexity index is 2260. The van der Waals surface area contributed by atoms with Crippen LogP contribution in [0.1, 0.15) is 0 Å². The van der Waals surface area contributed by atoms with Crippen molar-refractivity contribution in [3.05, 3.63) is 106 Å². The molecule has 0 N–H and O–H groups in total. The van der Waals surface area contributed by atoms with Crippen LogP contribution >= 0.6 is 0 Å². The Morgan fingerprint density at radius 3 is 1.76 bits per heavy atom. The van der Waals surface area contributed by atoms with Crippen molar-refractivity contribution in [3.8, 4) is 0 Å². The third-order valence-electron chi connectivity index (χ3n) is 7.36. The summed E-state index contributed by atoms with van der Waals surface area (Å²) in [4.78, 5) is 16.1. The van der Waals surface area contributed by atoms with Crippen LogP contribution in [0, 0.1) is 0 Å². The molecule has 0 unspecified atom stereocenters. The molecule has 0 atom stereocenters. The molecule has 0 saturated carbocycles. The van der Waals surface area contributed by atoms with E-state index in [9.17, 15) is 10.3 Å². The highest BCUT2D eigenvalue weighted by molar-refractivity contribution is 6.40. The standard InChI is InChI=1S/C30H14N2O/c31-32-25-10-9-21-23-13-19-7-5-16-11-15-3-1-2-4-20(15)22-12-18-8-6-17(14-24(21)30(25)33)27(23)29(18)28(19)26(16)22/h1-14H. The summed E-state index contributed by atoms with van der Waals surface area (Å²) >= 11 is 0. The van der Waals surface area contributed by atoms with Crippen LogP contribution in [0.4, 0.5) is 0 Å². The highest BCUT2D eigenvalue weighted by atomic mass is 16.1. The average Bonchev–Trinajstić information content (AvgIpc) is 2.85. The van der Waals surface area contributed by atoms with Gasteiger partial charge < -0.3 is 5.53 Å². The van der Waals surface area contributed by atoms with E-state index in [4.69, 9.17) is 0 Å². The predicted molar refractivity (Wildman–Crippen MR) is 136 cm³/mol. The molecule has 0 aromatic heterocycles. The Morgan fingerprint density at radius 2 is 1.06 bits per heavy atom. The molecule has 0 heterocycles. The SMILES string of the molecule is [N-]=[N+]=c1ccc2c(cc3ccc4cc5c6ccccc6cc6ccc7cc2c3c4c7c65)c1=O. The van der Waals surface area contributed by atoms with Crippen molar-refractivity contribution >= 4 is 75.4 Å². The summed E-state index contributed by atoms with van der Waals surface area (Å²) in [5.41, 5.74) is 8.99. The highest BCUT2D eigenvalue weighted by Crippen LogP contribution is 2.46. The minimum absolute atomic E-state index is 0.0686. The summed E-state index contributed by atoms with van der Waals surface area (Å²) in [7, 11) is 0. The summed E-state index contributed by atoms with van der Waals surface area (Å²) in [5, 5.41) is 16.1. The third kappa shape index (κ3) is 1.94. The fourth-order valence-electron chi connectivity index (χ4n) is 5.99. The number of hydrogen-bond acceptors (Lipinski definition) is 1. The zero-order valence-electron chi connectivity index (χ0n) is 17.4. The summed E-state index contributed by atoms with van der Waals surface area (Å²) in [6.45, 7) is 0. The van der Waals surface area contributed by atoms with Crippen molar-refractivity contribution < 1.29 is 4.79 Å². The molecule has 0 spiro atoms. The van der Waals surface area contributed by atoms with Crippen LogP contribution in [-0.4, -0.2) is 4.79 Å². The lowest BCUT2D eigenvalue weighted by molar-refractivity contribution is -0.0664. The lowest BCUT2D eigenvalue weighted by Crippen LogP contribution is -2.25. The second kappa shape index (κ2) is 5.60. The van der Waals surface area contributed by atoms with E-state index in [1.54, 1.807) is 6.07 Å². The summed E-state index contributed by atoms with van der Waals surface area (Å²) in [6.07, 6.45) is 0. The van der Waals surface area contributed by atoms with E-state index in [0.717, 1.165) is 16.2 Å². The Morgan fingerprint density at radius 1 is 0.485 bits per heavy atom. The van der Waals surface area contributed by atoms with Crippen molar-refractivity contribution in [3.63, 3.8) is 0 Å². The highest BCUT2D eigenvalue weighted by Gasteiger charge is 2.19. The fourth-order valence-corrected chi connectivity index (χ4v) is 5.99. The van der Waals surface area contributed by atoms with Crippen LogP contribution in [0.25, 0.3) is 80.9 Å². The number of nitrogens with zero attached hydrogens (tertiary/aromatic N) is 2. The van der Waals surface area contributed by atoms with Crippen LogP contribution in [0.15, 0.2) is 89.7 Å². The molecular formula is C30H14N2O. The maximum absolute atomic E-state index is 12.9. The molecule has 0 saturated heterocycles. The molecule has 0 radical (unpaired) electrons. The van der Waals surface area contributed by atoms with Gasteiger partial charge in [0.2, 0.25) is 0 Å². The molecule has 3 nitrogen and oxygen atoms in total. The molecule has 0 fully saturated rings. The Balaban J connectivity index is 1.74. The second-order valence-electron chi connectivity index (χ2n) is 8.96. The maximum Gasteiger partial charge on any atom is 0.362 e. The minimum atomic E-state index is -0.246. The smallest absolute Gasteiger partial charge is 0.361 e. The molecule has 8 aromatic rings. The monoisotopic (exact) mass is 418 g/mol. The van der Waals surface area contributed by atoms with Gasteiger partial charge in [0, 0.05) is 11.5 Å². The normalized spacial score (nSPS) is 12.4. The molecule has 33 heavy (non-hydrogen) atoms. The van der Waals surface area contributed by atoms with Crippen LogP contribution in [0.2, 0.25) is 0 Å². The van der Waals surface area contributed by atoms with Gasteiger partial charge in [0.05, 0.1) is 0 Å². The molecule has 0 aliphatic rings. The molecule has 0 bridgehead atoms. The number of fused-ring (bicyclic) bond motifs is 4. The first-order valence-electron chi connectivity index (χ1n) is 11.0. The van der Waals surface area contributed by atoms with Crippen LogP contribution in [0.3, 0.4) is 0 Å². The van der Waals surface area contributed by atoms with E-state index in [1.165, 1.54) is 53.9 Å². The summed E-state index contributed by atoms with van der Waals surface area (Å²) in [6, 6.07) is 29.5. The third-order valence-corrected chi connectivity index (χ3v) is 7.36. The first-order chi connectivity index (χ1) is 16.2. The van der Waals surface area contributed by atoms with Gasteiger partial charge in [-0.05, 0) is 100 Å². The van der Waals surface area contributed by atoms with E-state index in [1.807, 2.05) is 12.1 Å². The Kier molecular flexibility index (Phi) is 2.89. The van der Waals surface area contributed by atoms with E-state index >= 15 is 0 Å². The molecule has 3 heteroatoms. The lowest BCUT2D eigenvalue weighted by atomic mass is 9.84. The first kappa shape index (κ1) is 17.0. The number of rotatable bonds is 0. The van der Waals surface area contributed by atoms with Crippen molar-refractivity contribution in [2.45, 2.75) is 0 Å². The Hall–Kier alpha value is -4.59. The molecule has 8 aromatic carbocycles. The van der Waals surface area contributed by atoms with E-state index in [2.05, 4.69) is 71.5 Å². The maximum atomic E-state index is 12.9. The van der Waals surface area contributed by atoms with Crippen molar-refractivity contribution in [1.29, 1.82) is 0 Å². The van der Waals surface area contributed by atoms with Crippen molar-refractivity contribution in [1.82, 2.24) is 0 Å². The fraction of sp³-hybridized carbons (Fsp3) is 0. The van der Waals surface area contributed by atoms with Crippen LogP contribution in [0.5, 0.6) is 0 Å². The van der Waals surface area contributed by atoms with Gasteiger partial charge in [-0.15, -0.1) is 0 Å². The minimum Gasteiger partial charge on any atom is -0.361 e. The van der Waals surface area contributed by atoms with Gasteiger partial charge in [-0.25, -0.2) is 0 Å². The molecular weight excluding hydrogens is 404 g/mol. The quantitative estimate of drug-likeness (QED) is 0.119. The zero-order valence-corrected chi connectivity index (χ0v) is 17.4. The van der Waals surface area contributed by atoms with Crippen LogP contribution in [-0.2, 0) is 0 Å². The van der Waals surface area contributed by atoms with Crippen molar-refractivity contribution in [2.24, 2.45) is 0 Å². The van der Waals surface area contributed by atoms with E-state index in [-0.39, 0.29) is 10.8 Å². The van der Waals surface area contributed by atoms with Gasteiger partial charge >= 0.3 is 5.36 Å². The average molecular weight is 418 g/mol. The molecule has 150 valence electrons. The topological polar surface area (TPSA) is 53.5 Å². The van der Waals surface area contributed by atoms with Crippen molar-refractivity contribution in [2.75, 3.05) is 0 Å². The second-order valence-corrected chi connectivity index (χ2v) is 8.96. The zero-order chi connectivity index (χ0) is 21.8. The Labute approximate surface area is 186 Å². The lowest BCUT2D eigenvalue weighted by Gasteiger charge is -2.19. The predicted octanol–water partition coefficient (Wildman–Crippen LogP) is 6.56. The van der Waals surface area contributed by atoms with Gasteiger partial charge in [0.15, 0.2) is 0 Å². The molecule has 0 aliphatic carbocycles. The largest absolute Gasteiger partial charge is 0.362 e. The number of benzene rings is 8.